The first-order chi connectivity index (χ1) is 9.63. The van der Waals surface area contributed by atoms with E-state index in [1.54, 1.807) is 19.2 Å². The lowest BCUT2D eigenvalue weighted by Gasteiger charge is -2.26. The van der Waals surface area contributed by atoms with Crippen molar-refractivity contribution < 1.29 is 9.13 Å². The third-order valence-corrected chi connectivity index (χ3v) is 4.34. The normalized spacial score (nSPS) is 17.6. The maximum Gasteiger partial charge on any atom is 0.131 e. The minimum absolute atomic E-state index is 0.277. The first-order valence-electron chi connectivity index (χ1n) is 7.41. The second-order valence-corrected chi connectivity index (χ2v) is 5.67. The Kier molecular flexibility index (Phi) is 5.38. The number of hydrogen-bond acceptors (Lipinski definition) is 3. The number of halogens is 1. The molecule has 1 fully saturated rings. The minimum atomic E-state index is -0.324. The lowest BCUT2D eigenvalue weighted by atomic mass is 10.0. The van der Waals surface area contributed by atoms with Crippen molar-refractivity contribution in [2.24, 2.45) is 5.73 Å². The van der Waals surface area contributed by atoms with E-state index < -0.39 is 0 Å². The van der Waals surface area contributed by atoms with Crippen LogP contribution in [0.1, 0.15) is 43.7 Å². The van der Waals surface area contributed by atoms with E-state index in [1.165, 1.54) is 31.7 Å². The summed E-state index contributed by atoms with van der Waals surface area (Å²) in [6.07, 6.45) is 5.93. The lowest BCUT2D eigenvalue weighted by Crippen LogP contribution is -2.32. The van der Waals surface area contributed by atoms with Gasteiger partial charge in [0.2, 0.25) is 0 Å². The summed E-state index contributed by atoms with van der Waals surface area (Å²) >= 11 is 0. The summed E-state index contributed by atoms with van der Waals surface area (Å²) in [5.41, 5.74) is 6.67. The highest BCUT2D eigenvalue weighted by atomic mass is 19.1. The molecule has 0 spiro atoms. The van der Waals surface area contributed by atoms with Crippen LogP contribution in [0.2, 0.25) is 0 Å². The van der Waals surface area contributed by atoms with Gasteiger partial charge in [-0.3, -0.25) is 0 Å². The van der Waals surface area contributed by atoms with E-state index in [-0.39, 0.29) is 11.9 Å². The van der Waals surface area contributed by atoms with Crippen molar-refractivity contribution in [1.29, 1.82) is 0 Å². The summed E-state index contributed by atoms with van der Waals surface area (Å²) in [5, 5.41) is 0. The maximum absolute atomic E-state index is 13.9. The Morgan fingerprint density at radius 1 is 1.40 bits per heavy atom. The van der Waals surface area contributed by atoms with E-state index >= 15 is 0 Å². The van der Waals surface area contributed by atoms with E-state index in [2.05, 4.69) is 11.9 Å². The Balaban J connectivity index is 1.96. The molecular weight excluding hydrogens is 255 g/mol. The smallest absolute Gasteiger partial charge is 0.131 e. The van der Waals surface area contributed by atoms with Crippen molar-refractivity contribution in [2.45, 2.75) is 44.2 Å². The molecular formula is C16H25FN2O. The number of ether oxygens (including phenoxy) is 1. The number of nitrogens with two attached hydrogens (primary N) is 1. The molecule has 1 atom stereocenters. The summed E-state index contributed by atoms with van der Waals surface area (Å²) in [7, 11) is 3.69. The average Bonchev–Trinajstić information content (AvgIpc) is 2.98. The Bertz CT molecular complexity index is 432. The average molecular weight is 280 g/mol. The van der Waals surface area contributed by atoms with Gasteiger partial charge in [-0.15, -0.1) is 0 Å². The van der Waals surface area contributed by atoms with Crippen LogP contribution in [-0.2, 0) is 0 Å². The van der Waals surface area contributed by atoms with Crippen LogP contribution in [0.15, 0.2) is 18.2 Å². The predicted octanol–water partition coefficient (Wildman–Crippen LogP) is 3.10. The number of methoxy groups -OCH3 is 1. The third kappa shape index (κ3) is 3.49. The quantitative estimate of drug-likeness (QED) is 0.870. The van der Waals surface area contributed by atoms with Crippen molar-refractivity contribution >= 4 is 0 Å². The number of hydrogen-bond donors (Lipinski definition) is 1. The molecule has 2 N–H and O–H groups in total. The third-order valence-electron chi connectivity index (χ3n) is 4.34. The van der Waals surface area contributed by atoms with Crippen LogP contribution in [0.5, 0.6) is 5.75 Å². The van der Waals surface area contributed by atoms with Crippen LogP contribution in [0, 0.1) is 5.82 Å². The summed E-state index contributed by atoms with van der Waals surface area (Å²) in [6.45, 7) is 0.892. The molecule has 4 heteroatoms. The summed E-state index contributed by atoms with van der Waals surface area (Å²) in [5.74, 6) is 0.265. The Morgan fingerprint density at radius 3 is 2.75 bits per heavy atom. The second-order valence-electron chi connectivity index (χ2n) is 5.67. The Hall–Kier alpha value is -1.13. The monoisotopic (exact) mass is 280 g/mol. The maximum atomic E-state index is 13.9. The summed E-state index contributed by atoms with van der Waals surface area (Å²) in [4.78, 5) is 2.36. The summed E-state index contributed by atoms with van der Waals surface area (Å²) in [6, 6.07) is 5.20. The van der Waals surface area contributed by atoms with Crippen LogP contribution < -0.4 is 10.5 Å². The lowest BCUT2D eigenvalue weighted by molar-refractivity contribution is 0.236. The van der Waals surface area contributed by atoms with Crippen molar-refractivity contribution in [3.63, 3.8) is 0 Å². The molecule has 112 valence electrons. The van der Waals surface area contributed by atoms with Gasteiger partial charge in [0.1, 0.15) is 11.6 Å². The van der Waals surface area contributed by atoms with Crippen LogP contribution in [0.25, 0.3) is 0 Å². The van der Waals surface area contributed by atoms with Gasteiger partial charge >= 0.3 is 0 Å². The molecule has 1 aromatic rings. The van der Waals surface area contributed by atoms with Gasteiger partial charge < -0.3 is 15.4 Å². The van der Waals surface area contributed by atoms with E-state index in [0.29, 0.717) is 17.4 Å². The fourth-order valence-corrected chi connectivity index (χ4v) is 3.07. The van der Waals surface area contributed by atoms with E-state index in [1.807, 2.05) is 0 Å². The van der Waals surface area contributed by atoms with E-state index in [9.17, 15) is 4.39 Å². The fourth-order valence-electron chi connectivity index (χ4n) is 3.07. The highest BCUT2D eigenvalue weighted by molar-refractivity contribution is 5.37. The molecule has 1 saturated carbocycles. The molecule has 20 heavy (non-hydrogen) atoms. The van der Waals surface area contributed by atoms with E-state index in [0.717, 1.165) is 13.0 Å². The zero-order chi connectivity index (χ0) is 14.5. The van der Waals surface area contributed by atoms with E-state index in [4.69, 9.17) is 10.5 Å². The molecule has 3 nitrogen and oxygen atoms in total. The molecule has 0 bridgehead atoms. The zero-order valence-electron chi connectivity index (χ0n) is 12.4. The van der Waals surface area contributed by atoms with Crippen molar-refractivity contribution in [2.75, 3.05) is 20.7 Å². The predicted molar refractivity (Wildman–Crippen MR) is 79.4 cm³/mol. The molecule has 1 unspecified atom stereocenters. The Labute approximate surface area is 120 Å². The summed E-state index contributed by atoms with van der Waals surface area (Å²) < 4.78 is 19.2. The molecule has 1 aliphatic carbocycles. The van der Waals surface area contributed by atoms with Gasteiger partial charge in [0.25, 0.3) is 0 Å². The molecule has 0 aliphatic heterocycles. The van der Waals surface area contributed by atoms with Crippen molar-refractivity contribution in [3.05, 3.63) is 29.6 Å². The Morgan fingerprint density at radius 2 is 2.10 bits per heavy atom. The highest BCUT2D eigenvalue weighted by Gasteiger charge is 2.21. The van der Waals surface area contributed by atoms with Crippen molar-refractivity contribution in [3.8, 4) is 5.75 Å². The topological polar surface area (TPSA) is 38.5 Å². The molecule has 0 amide bonds. The SMILES string of the molecule is COc1cccc(F)c1C(N)CCN(C)C1CCCC1. The molecule has 0 saturated heterocycles. The standard InChI is InChI=1S/C16H25FN2O/c1-19(12-6-3-4-7-12)11-10-14(18)16-13(17)8-5-9-15(16)20-2/h5,8-9,12,14H,3-4,6-7,10-11,18H2,1-2H3. The van der Waals surface area contributed by atoms with Crippen molar-refractivity contribution in [1.82, 2.24) is 4.90 Å². The second kappa shape index (κ2) is 7.04. The number of nitrogens with zero attached hydrogens (tertiary/aromatic N) is 1. The van der Waals surface area contributed by atoms with Crippen LogP contribution in [0.3, 0.4) is 0 Å². The molecule has 1 aliphatic rings. The largest absolute Gasteiger partial charge is 0.496 e. The van der Waals surface area contributed by atoms with Gasteiger partial charge in [0.15, 0.2) is 0 Å². The molecule has 0 aromatic heterocycles. The molecule has 2 rings (SSSR count). The number of rotatable bonds is 6. The molecule has 1 aromatic carbocycles. The highest BCUT2D eigenvalue weighted by Crippen LogP contribution is 2.29. The van der Waals surface area contributed by atoms with Gasteiger partial charge in [-0.1, -0.05) is 18.9 Å². The fraction of sp³-hybridized carbons (Fsp3) is 0.625. The van der Waals surface area contributed by atoms with Gasteiger partial charge in [0.05, 0.1) is 7.11 Å². The zero-order valence-corrected chi connectivity index (χ0v) is 12.4. The first-order valence-corrected chi connectivity index (χ1v) is 7.41. The van der Waals surface area contributed by atoms with Crippen LogP contribution >= 0.6 is 0 Å². The van der Waals surface area contributed by atoms with Crippen LogP contribution in [-0.4, -0.2) is 31.6 Å². The van der Waals surface area contributed by atoms with Gasteiger partial charge in [-0.25, -0.2) is 4.39 Å². The van der Waals surface area contributed by atoms with Gasteiger partial charge in [-0.05, 0) is 45.0 Å². The van der Waals surface area contributed by atoms with Gasteiger partial charge in [0, 0.05) is 17.6 Å². The molecule has 0 heterocycles. The number of benzene rings is 1. The first kappa shape index (κ1) is 15.3. The molecule has 0 radical (unpaired) electrons. The minimum Gasteiger partial charge on any atom is -0.496 e. The van der Waals surface area contributed by atoms with Gasteiger partial charge in [-0.2, -0.15) is 0 Å². The van der Waals surface area contributed by atoms with Crippen LogP contribution in [0.4, 0.5) is 4.39 Å².